The number of carbonyl (C=O) groups is 2. The minimum Gasteiger partial charge on any atom is -0.507 e. The highest BCUT2D eigenvalue weighted by Crippen LogP contribution is 2.39. The van der Waals surface area contributed by atoms with E-state index in [0.717, 1.165) is 10.9 Å². The first-order valence-corrected chi connectivity index (χ1v) is 9.39. The summed E-state index contributed by atoms with van der Waals surface area (Å²) in [5, 5.41) is 11.9. The van der Waals surface area contributed by atoms with Gasteiger partial charge in [0.05, 0.1) is 11.3 Å². The zero-order valence-corrected chi connectivity index (χ0v) is 16.3. The van der Waals surface area contributed by atoms with E-state index in [2.05, 4.69) is 9.97 Å². The summed E-state index contributed by atoms with van der Waals surface area (Å²) >= 11 is 0. The third kappa shape index (κ3) is 3.30. The number of nitrogens with zero attached hydrogens (tertiary/aromatic N) is 3. The molecule has 1 saturated heterocycles. The first kappa shape index (κ1) is 18.9. The molecule has 29 heavy (non-hydrogen) atoms. The Hall–Kier alpha value is -3.45. The van der Waals surface area contributed by atoms with Gasteiger partial charge in [-0.25, -0.2) is 0 Å². The molecular formula is C22H22N4O3. The zero-order chi connectivity index (χ0) is 20.5. The van der Waals surface area contributed by atoms with E-state index in [-0.39, 0.29) is 11.3 Å². The number of pyridine rings is 1. The number of rotatable bonds is 5. The second-order valence-electron chi connectivity index (χ2n) is 7.30. The van der Waals surface area contributed by atoms with Crippen LogP contribution in [0.4, 0.5) is 0 Å². The average Bonchev–Trinajstić information content (AvgIpc) is 3.26. The lowest BCUT2D eigenvalue weighted by atomic mass is 9.98. The maximum absolute atomic E-state index is 13.0. The molecule has 148 valence electrons. The quantitative estimate of drug-likeness (QED) is 0.397. The number of ketones is 1. The van der Waals surface area contributed by atoms with Crippen molar-refractivity contribution in [2.45, 2.75) is 6.04 Å². The topological polar surface area (TPSA) is 89.5 Å². The van der Waals surface area contributed by atoms with E-state index in [1.165, 1.54) is 4.90 Å². The number of likely N-dealkylation sites (tertiary alicyclic amines) is 1. The minimum absolute atomic E-state index is 0.0669. The summed E-state index contributed by atoms with van der Waals surface area (Å²) in [6.45, 7) is 0.937. The van der Waals surface area contributed by atoms with Gasteiger partial charge in [-0.15, -0.1) is 0 Å². The molecule has 7 nitrogen and oxygen atoms in total. The zero-order valence-electron chi connectivity index (χ0n) is 16.3. The number of fused-ring (bicyclic) bond motifs is 1. The third-order valence-electron chi connectivity index (χ3n) is 5.14. The van der Waals surface area contributed by atoms with Crippen molar-refractivity contribution >= 4 is 28.4 Å². The van der Waals surface area contributed by atoms with Crippen LogP contribution in [-0.4, -0.2) is 63.7 Å². The van der Waals surface area contributed by atoms with E-state index in [1.54, 1.807) is 30.6 Å². The number of nitrogens with one attached hydrogen (secondary N) is 1. The number of Topliss-reactive ketones (excluding diaryl/α,β-unsaturated/α-hetero) is 1. The molecule has 0 saturated carbocycles. The maximum Gasteiger partial charge on any atom is 0.295 e. The van der Waals surface area contributed by atoms with Crippen molar-refractivity contribution in [2.75, 3.05) is 27.2 Å². The summed E-state index contributed by atoms with van der Waals surface area (Å²) in [6, 6.07) is 12.1. The summed E-state index contributed by atoms with van der Waals surface area (Å²) in [5.74, 6) is -1.50. The summed E-state index contributed by atoms with van der Waals surface area (Å²) in [4.78, 5) is 36.7. The first-order chi connectivity index (χ1) is 14.0. The standard InChI is InChI=1S/C22H22N4O3/c1-25(2)11-12-26-19(17-9-5-6-10-23-17)18(21(28)22(26)29)20(27)15-13-24-16-8-4-3-7-14(15)16/h3-10,13,19,24,27H,11-12H2,1-2H3/b20-18+. The van der Waals surface area contributed by atoms with Gasteiger partial charge in [0.15, 0.2) is 0 Å². The molecule has 0 radical (unpaired) electrons. The van der Waals surface area contributed by atoms with Crippen LogP contribution in [-0.2, 0) is 9.59 Å². The highest BCUT2D eigenvalue weighted by molar-refractivity contribution is 6.46. The molecule has 1 unspecified atom stereocenters. The van der Waals surface area contributed by atoms with Crippen LogP contribution in [0.15, 0.2) is 60.4 Å². The summed E-state index contributed by atoms with van der Waals surface area (Å²) in [6.07, 6.45) is 3.27. The highest BCUT2D eigenvalue weighted by atomic mass is 16.3. The van der Waals surface area contributed by atoms with Crippen LogP contribution in [0.3, 0.4) is 0 Å². The molecule has 1 fully saturated rings. The number of aliphatic hydroxyl groups is 1. The van der Waals surface area contributed by atoms with Crippen molar-refractivity contribution in [3.63, 3.8) is 0 Å². The molecule has 0 bridgehead atoms. The number of aromatic amines is 1. The number of para-hydroxylation sites is 1. The normalized spacial score (nSPS) is 18.9. The Morgan fingerprint density at radius 2 is 1.93 bits per heavy atom. The number of likely N-dealkylation sites (N-methyl/N-ethyl adjacent to an activating group) is 1. The van der Waals surface area contributed by atoms with Crippen molar-refractivity contribution in [1.29, 1.82) is 0 Å². The number of benzene rings is 1. The van der Waals surface area contributed by atoms with Gasteiger partial charge in [-0.1, -0.05) is 24.3 Å². The Kier molecular flexibility index (Phi) is 4.90. The molecule has 0 aliphatic carbocycles. The molecule has 2 N–H and O–H groups in total. The second-order valence-corrected chi connectivity index (χ2v) is 7.30. The fourth-order valence-electron chi connectivity index (χ4n) is 3.68. The summed E-state index contributed by atoms with van der Waals surface area (Å²) in [5.41, 5.74) is 1.95. The average molecular weight is 390 g/mol. The van der Waals surface area contributed by atoms with Gasteiger partial charge in [0.1, 0.15) is 11.8 Å². The Bertz CT molecular complexity index is 1100. The molecule has 1 aromatic carbocycles. The number of hydrogen-bond acceptors (Lipinski definition) is 5. The Morgan fingerprint density at radius 3 is 2.66 bits per heavy atom. The smallest absolute Gasteiger partial charge is 0.295 e. The summed E-state index contributed by atoms with van der Waals surface area (Å²) < 4.78 is 0. The highest BCUT2D eigenvalue weighted by Gasteiger charge is 2.46. The molecule has 1 amide bonds. The van der Waals surface area contributed by atoms with Crippen LogP contribution < -0.4 is 0 Å². The van der Waals surface area contributed by atoms with E-state index in [0.29, 0.717) is 24.3 Å². The fraction of sp³-hybridized carbons (Fsp3) is 0.227. The third-order valence-corrected chi connectivity index (χ3v) is 5.14. The predicted molar refractivity (Wildman–Crippen MR) is 110 cm³/mol. The molecule has 3 heterocycles. The van der Waals surface area contributed by atoms with Crippen molar-refractivity contribution in [3.05, 3.63) is 71.7 Å². The molecule has 1 aliphatic heterocycles. The molecule has 1 aliphatic rings. The van der Waals surface area contributed by atoms with Crippen LogP contribution in [0.1, 0.15) is 17.3 Å². The van der Waals surface area contributed by atoms with Gasteiger partial charge in [0.2, 0.25) is 0 Å². The first-order valence-electron chi connectivity index (χ1n) is 9.39. The lowest BCUT2D eigenvalue weighted by Gasteiger charge is -2.25. The molecule has 3 aromatic rings. The molecule has 1 atom stereocenters. The lowest BCUT2D eigenvalue weighted by molar-refractivity contribution is -0.140. The van der Waals surface area contributed by atoms with Crippen molar-refractivity contribution in [2.24, 2.45) is 0 Å². The monoisotopic (exact) mass is 390 g/mol. The van der Waals surface area contributed by atoms with Gasteiger partial charge in [-0.3, -0.25) is 14.6 Å². The molecule has 2 aromatic heterocycles. The van der Waals surface area contributed by atoms with E-state index in [9.17, 15) is 14.7 Å². The van der Waals surface area contributed by atoms with Crippen LogP contribution in [0, 0.1) is 0 Å². The van der Waals surface area contributed by atoms with Crippen molar-refractivity contribution in [1.82, 2.24) is 19.8 Å². The maximum atomic E-state index is 13.0. The van der Waals surface area contributed by atoms with Gasteiger partial charge >= 0.3 is 0 Å². The molecular weight excluding hydrogens is 368 g/mol. The molecule has 0 spiro atoms. The second kappa shape index (κ2) is 7.52. The number of aromatic nitrogens is 2. The fourth-order valence-corrected chi connectivity index (χ4v) is 3.68. The molecule has 4 rings (SSSR count). The van der Waals surface area contributed by atoms with Gasteiger partial charge in [-0.05, 0) is 32.3 Å². The van der Waals surface area contributed by atoms with Gasteiger partial charge < -0.3 is 19.9 Å². The Balaban J connectivity index is 1.88. The van der Waals surface area contributed by atoms with Gasteiger partial charge in [0.25, 0.3) is 11.7 Å². The SMILES string of the molecule is CN(C)CCN1C(=O)C(=O)/C(=C(/O)c2c[nH]c3ccccc23)C1c1ccccn1. The minimum atomic E-state index is -0.732. The number of carbonyl (C=O) groups excluding carboxylic acids is 2. The van der Waals surface area contributed by atoms with Crippen LogP contribution in [0.25, 0.3) is 16.7 Å². The molecule has 7 heteroatoms. The number of aliphatic hydroxyl groups excluding tert-OH is 1. The lowest BCUT2D eigenvalue weighted by Crippen LogP contribution is -2.35. The van der Waals surface area contributed by atoms with Gasteiger partial charge in [0, 0.05) is 41.9 Å². The van der Waals surface area contributed by atoms with E-state index >= 15 is 0 Å². The van der Waals surface area contributed by atoms with E-state index < -0.39 is 17.7 Å². The number of H-pyrrole nitrogens is 1. The number of hydrogen-bond donors (Lipinski definition) is 2. The largest absolute Gasteiger partial charge is 0.507 e. The van der Waals surface area contributed by atoms with Crippen molar-refractivity contribution < 1.29 is 14.7 Å². The van der Waals surface area contributed by atoms with E-state index in [1.807, 2.05) is 43.3 Å². The summed E-state index contributed by atoms with van der Waals surface area (Å²) in [7, 11) is 3.80. The van der Waals surface area contributed by atoms with Crippen molar-refractivity contribution in [3.8, 4) is 0 Å². The van der Waals surface area contributed by atoms with Crippen LogP contribution in [0.5, 0.6) is 0 Å². The number of amides is 1. The van der Waals surface area contributed by atoms with E-state index in [4.69, 9.17) is 0 Å². The van der Waals surface area contributed by atoms with Crippen LogP contribution in [0.2, 0.25) is 0 Å². The Morgan fingerprint density at radius 1 is 1.17 bits per heavy atom. The predicted octanol–water partition coefficient (Wildman–Crippen LogP) is 2.55. The Labute approximate surface area is 168 Å². The van der Waals surface area contributed by atoms with Crippen LogP contribution >= 0.6 is 0 Å². The van der Waals surface area contributed by atoms with Gasteiger partial charge in [-0.2, -0.15) is 0 Å².